The number of nitrogens with zero attached hydrogens (tertiary/aromatic N) is 1. The first-order chi connectivity index (χ1) is 11.1. The summed E-state index contributed by atoms with van der Waals surface area (Å²) in [6.07, 6.45) is 0. The third-order valence-electron chi connectivity index (χ3n) is 3.09. The highest BCUT2D eigenvalue weighted by Crippen LogP contribution is 2.26. The molecule has 0 radical (unpaired) electrons. The fourth-order valence-corrected chi connectivity index (χ4v) is 3.35. The largest absolute Gasteiger partial charge is 0.455 e. The van der Waals surface area contributed by atoms with E-state index in [0.717, 1.165) is 10.6 Å². The molecule has 0 unspecified atom stereocenters. The first-order valence-electron chi connectivity index (χ1n) is 6.76. The number of thiazole rings is 1. The van der Waals surface area contributed by atoms with Crippen LogP contribution in [0.1, 0.15) is 16.1 Å². The molecule has 0 aliphatic heterocycles. The molecule has 1 heterocycles. The van der Waals surface area contributed by atoms with Gasteiger partial charge in [-0.25, -0.2) is 9.78 Å². The minimum absolute atomic E-state index is 0.0731. The lowest BCUT2D eigenvalue weighted by atomic mass is 10.2. The monoisotopic (exact) mass is 363 g/mol. The van der Waals surface area contributed by atoms with Crippen LogP contribution in [0.3, 0.4) is 0 Å². The molecule has 2 aromatic carbocycles. The van der Waals surface area contributed by atoms with Gasteiger partial charge in [0.05, 0.1) is 21.3 Å². The molecule has 0 atom stereocenters. The lowest BCUT2D eigenvalue weighted by molar-refractivity contribution is 0.0469. The van der Waals surface area contributed by atoms with Crippen LogP contribution in [0.25, 0.3) is 10.6 Å². The van der Waals surface area contributed by atoms with Crippen molar-refractivity contribution in [3.8, 4) is 10.6 Å². The van der Waals surface area contributed by atoms with Crippen molar-refractivity contribution in [3.05, 3.63) is 75.2 Å². The van der Waals surface area contributed by atoms with Crippen LogP contribution in [0.5, 0.6) is 0 Å². The number of esters is 1. The zero-order chi connectivity index (χ0) is 16.2. The zero-order valence-electron chi connectivity index (χ0n) is 11.8. The van der Waals surface area contributed by atoms with Crippen molar-refractivity contribution in [1.29, 1.82) is 0 Å². The number of ether oxygens (including phenoxy) is 1. The Balaban J connectivity index is 1.70. The number of hydrogen-bond acceptors (Lipinski definition) is 4. The Morgan fingerprint density at radius 1 is 1.04 bits per heavy atom. The second kappa shape index (κ2) is 7.13. The van der Waals surface area contributed by atoms with Gasteiger partial charge in [0, 0.05) is 10.9 Å². The number of hydrogen-bond donors (Lipinski definition) is 0. The number of benzene rings is 2. The first-order valence-corrected chi connectivity index (χ1v) is 8.39. The molecule has 0 saturated heterocycles. The van der Waals surface area contributed by atoms with E-state index in [-0.39, 0.29) is 22.2 Å². The molecule has 0 fully saturated rings. The molecule has 1 aromatic heterocycles. The van der Waals surface area contributed by atoms with Crippen molar-refractivity contribution >= 4 is 40.5 Å². The van der Waals surface area contributed by atoms with Crippen molar-refractivity contribution < 1.29 is 9.53 Å². The molecule has 0 amide bonds. The van der Waals surface area contributed by atoms with Gasteiger partial charge < -0.3 is 4.74 Å². The lowest BCUT2D eigenvalue weighted by Crippen LogP contribution is -2.07. The van der Waals surface area contributed by atoms with Crippen LogP contribution < -0.4 is 0 Å². The predicted octanol–water partition coefficient (Wildman–Crippen LogP) is 5.47. The maximum absolute atomic E-state index is 12.1. The van der Waals surface area contributed by atoms with Crippen molar-refractivity contribution in [3.63, 3.8) is 0 Å². The molecule has 116 valence electrons. The van der Waals surface area contributed by atoms with Gasteiger partial charge in [0.15, 0.2) is 0 Å². The molecule has 3 rings (SSSR count). The van der Waals surface area contributed by atoms with Gasteiger partial charge in [-0.05, 0) is 12.1 Å². The minimum Gasteiger partial charge on any atom is -0.455 e. The van der Waals surface area contributed by atoms with Crippen LogP contribution in [0.2, 0.25) is 10.0 Å². The van der Waals surface area contributed by atoms with E-state index in [1.807, 2.05) is 35.7 Å². The fourth-order valence-electron chi connectivity index (χ4n) is 1.99. The number of halogens is 2. The topological polar surface area (TPSA) is 39.2 Å². The molecule has 0 N–H and O–H groups in total. The maximum Gasteiger partial charge on any atom is 0.341 e. The number of carbonyl (C=O) groups excluding carboxylic acids is 1. The van der Waals surface area contributed by atoms with Crippen LogP contribution in [0.15, 0.2) is 53.9 Å². The summed E-state index contributed by atoms with van der Waals surface area (Å²) >= 11 is 13.5. The average molecular weight is 364 g/mol. The average Bonchev–Trinajstić information content (AvgIpc) is 3.02. The van der Waals surface area contributed by atoms with Crippen LogP contribution in [-0.4, -0.2) is 11.0 Å². The number of carbonyl (C=O) groups is 1. The molecule has 0 aliphatic carbocycles. The van der Waals surface area contributed by atoms with Gasteiger partial charge in [-0.1, -0.05) is 59.6 Å². The van der Waals surface area contributed by atoms with Crippen molar-refractivity contribution in [1.82, 2.24) is 4.98 Å². The standard InChI is InChI=1S/C17H11Cl2NO2S/c18-13-7-4-8-14(19)15(13)17(21)22-9-12-10-23-16(20-12)11-5-2-1-3-6-11/h1-8,10H,9H2. The molecule has 6 heteroatoms. The van der Waals surface area contributed by atoms with Gasteiger partial charge in [-0.3, -0.25) is 0 Å². The van der Waals surface area contributed by atoms with Crippen molar-refractivity contribution in [2.45, 2.75) is 6.61 Å². The first kappa shape index (κ1) is 16.0. The zero-order valence-corrected chi connectivity index (χ0v) is 14.2. The Labute approximate surface area is 147 Å². The van der Waals surface area contributed by atoms with E-state index in [1.54, 1.807) is 18.2 Å². The second-order valence-electron chi connectivity index (χ2n) is 4.68. The van der Waals surface area contributed by atoms with Crippen LogP contribution in [0, 0.1) is 0 Å². The number of rotatable bonds is 4. The van der Waals surface area contributed by atoms with Crippen molar-refractivity contribution in [2.75, 3.05) is 0 Å². The van der Waals surface area contributed by atoms with E-state index in [2.05, 4.69) is 4.98 Å². The highest BCUT2D eigenvalue weighted by atomic mass is 35.5. The minimum atomic E-state index is -0.560. The van der Waals surface area contributed by atoms with Gasteiger partial charge >= 0.3 is 5.97 Å². The van der Waals surface area contributed by atoms with E-state index in [9.17, 15) is 4.79 Å². The quantitative estimate of drug-likeness (QED) is 0.576. The summed E-state index contributed by atoms with van der Waals surface area (Å²) in [7, 11) is 0. The highest BCUT2D eigenvalue weighted by Gasteiger charge is 2.16. The summed E-state index contributed by atoms with van der Waals surface area (Å²) in [6, 6.07) is 14.7. The summed E-state index contributed by atoms with van der Waals surface area (Å²) in [5, 5.41) is 3.29. The van der Waals surface area contributed by atoms with Crippen molar-refractivity contribution in [2.24, 2.45) is 0 Å². The molecular formula is C17H11Cl2NO2S. The van der Waals surface area contributed by atoms with Crippen LogP contribution >= 0.6 is 34.5 Å². The Morgan fingerprint density at radius 3 is 2.43 bits per heavy atom. The molecule has 3 nitrogen and oxygen atoms in total. The predicted molar refractivity (Wildman–Crippen MR) is 93.1 cm³/mol. The fraction of sp³-hybridized carbons (Fsp3) is 0.0588. The van der Waals surface area contributed by atoms with Gasteiger partial charge in [-0.15, -0.1) is 11.3 Å². The molecule has 23 heavy (non-hydrogen) atoms. The molecule has 3 aromatic rings. The smallest absolute Gasteiger partial charge is 0.341 e. The molecule has 0 spiro atoms. The Kier molecular flexibility index (Phi) is 4.96. The third kappa shape index (κ3) is 3.72. The third-order valence-corrected chi connectivity index (χ3v) is 4.66. The Bertz CT molecular complexity index is 813. The molecule has 0 saturated carbocycles. The van der Waals surface area contributed by atoms with E-state index < -0.39 is 5.97 Å². The summed E-state index contributed by atoms with van der Waals surface area (Å²) in [5.74, 6) is -0.560. The second-order valence-corrected chi connectivity index (χ2v) is 6.36. The SMILES string of the molecule is O=C(OCc1csc(-c2ccccc2)n1)c1c(Cl)cccc1Cl. The summed E-state index contributed by atoms with van der Waals surface area (Å²) in [6.45, 7) is 0.0731. The maximum atomic E-state index is 12.1. The summed E-state index contributed by atoms with van der Waals surface area (Å²) in [5.41, 5.74) is 1.89. The normalized spacial score (nSPS) is 10.5. The summed E-state index contributed by atoms with van der Waals surface area (Å²) < 4.78 is 5.26. The van der Waals surface area contributed by atoms with E-state index in [4.69, 9.17) is 27.9 Å². The van der Waals surface area contributed by atoms with Gasteiger partial charge in [0.2, 0.25) is 0 Å². The van der Waals surface area contributed by atoms with Gasteiger partial charge in [-0.2, -0.15) is 0 Å². The number of aromatic nitrogens is 1. The molecule has 0 aliphatic rings. The molecule has 0 bridgehead atoms. The summed E-state index contributed by atoms with van der Waals surface area (Å²) in [4.78, 5) is 16.6. The van der Waals surface area contributed by atoms with Gasteiger partial charge in [0.25, 0.3) is 0 Å². The molecular weight excluding hydrogens is 353 g/mol. The Morgan fingerprint density at radius 2 is 1.74 bits per heavy atom. The van der Waals surface area contributed by atoms with E-state index in [1.165, 1.54) is 11.3 Å². The highest BCUT2D eigenvalue weighted by molar-refractivity contribution is 7.13. The van der Waals surface area contributed by atoms with Crippen LogP contribution in [-0.2, 0) is 11.3 Å². The van der Waals surface area contributed by atoms with Crippen LogP contribution in [0.4, 0.5) is 0 Å². The van der Waals surface area contributed by atoms with E-state index in [0.29, 0.717) is 5.69 Å². The van der Waals surface area contributed by atoms with E-state index >= 15 is 0 Å². The Hall–Kier alpha value is -1.88. The lowest BCUT2D eigenvalue weighted by Gasteiger charge is -2.06. The van der Waals surface area contributed by atoms with Gasteiger partial charge in [0.1, 0.15) is 11.6 Å².